The van der Waals surface area contributed by atoms with Crippen LogP contribution in [0.1, 0.15) is 81.8 Å². The third-order valence-corrected chi connectivity index (χ3v) is 14.3. The predicted octanol–water partition coefficient (Wildman–Crippen LogP) is 16.6. The van der Waals surface area contributed by atoms with E-state index >= 15 is 0 Å². The van der Waals surface area contributed by atoms with E-state index in [1.165, 1.54) is 33.4 Å². The summed E-state index contributed by atoms with van der Waals surface area (Å²) in [6, 6.07) is 78.3. The van der Waals surface area contributed by atoms with Gasteiger partial charge >= 0.3 is 0 Å². The van der Waals surface area contributed by atoms with Crippen LogP contribution in [0.2, 0.25) is 0 Å². The van der Waals surface area contributed by atoms with E-state index in [0.29, 0.717) is 11.5 Å². The van der Waals surface area contributed by atoms with E-state index in [2.05, 4.69) is 276 Å². The first-order chi connectivity index (χ1) is 34.3. The number of fused-ring (bicyclic) bond motifs is 3. The van der Waals surface area contributed by atoms with E-state index in [1.54, 1.807) is 0 Å². The minimum absolute atomic E-state index is 0. The van der Waals surface area contributed by atoms with Gasteiger partial charge in [-0.2, -0.15) is 6.07 Å². The molecule has 0 fully saturated rings. The van der Waals surface area contributed by atoms with Gasteiger partial charge in [0.25, 0.3) is 0 Å². The number of ether oxygens (including phenoxy) is 1. The second kappa shape index (κ2) is 19.3. The van der Waals surface area contributed by atoms with Crippen LogP contribution < -0.4 is 14.5 Å². The molecule has 5 nitrogen and oxygen atoms in total. The molecular weight excluding hydrogens is 1060 g/mol. The standard InChI is InChI=1S/C66H57N4O.Pt/c1-64(2,3)52-37-48(46-23-12-8-13-24-46)38-54(39-52)68-44-61(47-25-14-9-15-26-47)69(45-68)53-31-22-32-55(41-53)71-56-42-58(66(6,7)50-29-18-11-19-30-50)63-57-33-20-21-34-59(57)70(60(63)43-56)62-40-51(35-36-67-62)65(4,5)49-27-16-10-17-28-49;/h8-40,42,44-45H,1-7H3;/q-3;. The second-order valence-corrected chi connectivity index (χ2v) is 20.7. The first-order valence-corrected chi connectivity index (χ1v) is 24.5. The normalized spacial score (nSPS) is 13.1. The van der Waals surface area contributed by atoms with Crippen molar-refractivity contribution >= 4 is 38.9 Å². The van der Waals surface area contributed by atoms with E-state index in [0.717, 1.165) is 55.8 Å². The van der Waals surface area contributed by atoms with Crippen molar-refractivity contribution in [2.75, 3.05) is 9.80 Å². The molecule has 1 aliphatic rings. The van der Waals surface area contributed by atoms with Crippen molar-refractivity contribution in [2.45, 2.75) is 64.7 Å². The first-order valence-electron chi connectivity index (χ1n) is 24.5. The van der Waals surface area contributed by atoms with Gasteiger partial charge < -0.3 is 19.1 Å². The zero-order valence-electron chi connectivity index (χ0n) is 41.8. The number of benzene rings is 8. The van der Waals surface area contributed by atoms with Crippen molar-refractivity contribution in [1.82, 2.24) is 9.55 Å². The van der Waals surface area contributed by atoms with Gasteiger partial charge in [0.05, 0.1) is 0 Å². The maximum absolute atomic E-state index is 7.03. The van der Waals surface area contributed by atoms with Crippen LogP contribution in [-0.4, -0.2) is 9.55 Å². The quantitative estimate of drug-likeness (QED) is 0.121. The molecule has 3 heterocycles. The van der Waals surface area contributed by atoms with Crippen molar-refractivity contribution in [3.63, 3.8) is 0 Å². The molecular formula is C66H57N4OPt-3. The molecule has 10 aromatic rings. The molecule has 0 unspecified atom stereocenters. The number of anilines is 2. The van der Waals surface area contributed by atoms with Crippen molar-refractivity contribution in [3.8, 4) is 28.4 Å². The Morgan fingerprint density at radius 2 is 1.14 bits per heavy atom. The molecule has 0 N–H and O–H groups in total. The van der Waals surface area contributed by atoms with Crippen LogP contribution in [0, 0.1) is 18.8 Å². The van der Waals surface area contributed by atoms with E-state index in [-0.39, 0.29) is 31.9 Å². The van der Waals surface area contributed by atoms with Gasteiger partial charge in [0, 0.05) is 61.1 Å². The Morgan fingerprint density at radius 3 is 1.82 bits per heavy atom. The molecule has 2 aromatic heterocycles. The molecule has 0 aliphatic carbocycles. The molecule has 11 rings (SSSR count). The molecule has 1 aliphatic heterocycles. The van der Waals surface area contributed by atoms with Crippen LogP contribution in [0.5, 0.6) is 11.5 Å². The van der Waals surface area contributed by atoms with Gasteiger partial charge in [0.1, 0.15) is 5.82 Å². The summed E-state index contributed by atoms with van der Waals surface area (Å²) in [6.07, 6.45) is 4.15. The van der Waals surface area contributed by atoms with Gasteiger partial charge in [-0.05, 0) is 91.7 Å². The summed E-state index contributed by atoms with van der Waals surface area (Å²) in [5, 5.41) is 2.25. The van der Waals surface area contributed by atoms with Crippen molar-refractivity contribution in [1.29, 1.82) is 0 Å². The first kappa shape index (κ1) is 48.2. The number of hydrogen-bond acceptors (Lipinski definition) is 4. The van der Waals surface area contributed by atoms with Gasteiger partial charge in [-0.15, -0.1) is 48.3 Å². The average Bonchev–Trinajstić information content (AvgIpc) is 4.00. The van der Waals surface area contributed by atoms with Gasteiger partial charge in [-0.1, -0.05) is 205 Å². The molecule has 0 atom stereocenters. The van der Waals surface area contributed by atoms with Crippen LogP contribution in [0.3, 0.4) is 0 Å². The fraction of sp³-hybridized carbons (Fsp3) is 0.152. The van der Waals surface area contributed by atoms with E-state index < -0.39 is 5.41 Å². The van der Waals surface area contributed by atoms with E-state index in [4.69, 9.17) is 9.72 Å². The number of rotatable bonds is 11. The van der Waals surface area contributed by atoms with Gasteiger partial charge in [0.15, 0.2) is 0 Å². The van der Waals surface area contributed by atoms with Crippen LogP contribution in [0.25, 0.3) is 44.4 Å². The molecule has 0 saturated heterocycles. The second-order valence-electron chi connectivity index (χ2n) is 20.7. The summed E-state index contributed by atoms with van der Waals surface area (Å²) in [6.45, 7) is 18.1. The molecule has 8 aromatic carbocycles. The van der Waals surface area contributed by atoms with Crippen LogP contribution in [0.4, 0.5) is 11.4 Å². The zero-order valence-corrected chi connectivity index (χ0v) is 44.1. The predicted molar refractivity (Wildman–Crippen MR) is 294 cm³/mol. The Hall–Kier alpha value is -7.46. The molecule has 360 valence electrons. The Labute approximate surface area is 439 Å². The molecule has 72 heavy (non-hydrogen) atoms. The molecule has 0 bridgehead atoms. The Bertz CT molecular complexity index is 3580. The Balaban J connectivity index is 0.00000596. The fourth-order valence-electron chi connectivity index (χ4n) is 10.0. The smallest absolute Gasteiger partial charge is 0.135 e. The maximum atomic E-state index is 7.03. The summed E-state index contributed by atoms with van der Waals surface area (Å²) in [4.78, 5) is 9.52. The van der Waals surface area contributed by atoms with Gasteiger partial charge in [-0.3, -0.25) is 0 Å². The van der Waals surface area contributed by atoms with Crippen molar-refractivity contribution in [2.24, 2.45) is 0 Å². The minimum atomic E-state index is -0.425. The summed E-state index contributed by atoms with van der Waals surface area (Å²) in [5.41, 5.74) is 13.6. The average molecular weight is 1120 g/mol. The molecule has 0 spiro atoms. The third-order valence-electron chi connectivity index (χ3n) is 14.3. The maximum Gasteiger partial charge on any atom is 0.135 e. The summed E-state index contributed by atoms with van der Waals surface area (Å²) < 4.78 is 9.29. The Kier molecular flexibility index (Phi) is 12.9. The number of hydrogen-bond donors (Lipinski definition) is 0. The van der Waals surface area contributed by atoms with Gasteiger partial charge in [0.2, 0.25) is 0 Å². The summed E-state index contributed by atoms with van der Waals surface area (Å²) in [5.74, 6) is 1.99. The zero-order chi connectivity index (χ0) is 48.9. The van der Waals surface area contributed by atoms with Crippen LogP contribution in [0.15, 0.2) is 213 Å². The number of pyridine rings is 1. The van der Waals surface area contributed by atoms with Crippen molar-refractivity contribution in [3.05, 3.63) is 265 Å². The minimum Gasteiger partial charge on any atom is -0.509 e. The number of para-hydroxylation sites is 1. The molecule has 6 heteroatoms. The van der Waals surface area contributed by atoms with Gasteiger partial charge in [-0.25, -0.2) is 4.98 Å². The number of nitrogens with zero attached hydrogens (tertiary/aromatic N) is 4. The fourth-order valence-corrected chi connectivity index (χ4v) is 10.0. The van der Waals surface area contributed by atoms with E-state index in [1.807, 2.05) is 18.3 Å². The topological polar surface area (TPSA) is 33.5 Å². The number of aromatic nitrogens is 2. The summed E-state index contributed by atoms with van der Waals surface area (Å²) >= 11 is 0. The molecule has 0 saturated carbocycles. The monoisotopic (exact) mass is 1120 g/mol. The van der Waals surface area contributed by atoms with Crippen molar-refractivity contribution < 1.29 is 25.8 Å². The van der Waals surface area contributed by atoms with E-state index in [9.17, 15) is 0 Å². The SMILES string of the molecule is CC(C)(C)c1cc(-c2ccccc2)cc(N2C=C(c3ccccc3)N(c3[c-]c(Oc4[c-]c5c(c(C(C)(C)c6ccccc6)c4)c4ccccc4n5-c4cc(C(C)(C)c5ccccc5)ccn4)ccc3)[CH-]2)c1.[Pt]. The molecule has 0 radical (unpaired) electrons. The third kappa shape index (κ3) is 9.08. The molecule has 0 amide bonds. The van der Waals surface area contributed by atoms with Crippen LogP contribution in [-0.2, 0) is 37.3 Å². The Morgan fingerprint density at radius 1 is 0.514 bits per heavy atom. The van der Waals surface area contributed by atoms with Crippen LogP contribution >= 0.6 is 0 Å². The summed E-state index contributed by atoms with van der Waals surface area (Å²) in [7, 11) is 0. The largest absolute Gasteiger partial charge is 0.509 e.